The minimum Gasteiger partial charge on any atom is -0.355 e. The summed E-state index contributed by atoms with van der Waals surface area (Å²) in [6, 6.07) is 0. The van der Waals surface area contributed by atoms with Gasteiger partial charge in [-0.25, -0.2) is 0 Å². The summed E-state index contributed by atoms with van der Waals surface area (Å²) in [5.41, 5.74) is 1.18. The van der Waals surface area contributed by atoms with Crippen LogP contribution >= 0.6 is 0 Å². The van der Waals surface area contributed by atoms with Crippen LogP contribution in [0.4, 0.5) is 0 Å². The Kier molecular flexibility index (Phi) is 7.19. The van der Waals surface area contributed by atoms with Gasteiger partial charge in [0.25, 0.3) is 0 Å². The van der Waals surface area contributed by atoms with Crippen molar-refractivity contribution in [1.82, 2.24) is 10.2 Å². The summed E-state index contributed by atoms with van der Waals surface area (Å²) in [7, 11) is 0. The molecule has 33 heavy (non-hydrogen) atoms. The monoisotopic (exact) mass is 456 g/mol. The first-order valence-corrected chi connectivity index (χ1v) is 14.9. The summed E-state index contributed by atoms with van der Waals surface area (Å²) in [4.78, 5) is 15.0. The van der Waals surface area contributed by atoms with Gasteiger partial charge < -0.3 is 10.2 Å². The molecular formula is C30H52N2O. The van der Waals surface area contributed by atoms with Crippen molar-refractivity contribution in [3.8, 4) is 0 Å². The van der Waals surface area contributed by atoms with Gasteiger partial charge in [0, 0.05) is 19.5 Å². The molecule has 1 N–H and O–H groups in total. The maximum Gasteiger partial charge on any atom is 0.220 e. The highest BCUT2D eigenvalue weighted by molar-refractivity contribution is 5.75. The van der Waals surface area contributed by atoms with Crippen molar-refractivity contribution < 1.29 is 4.79 Å². The third kappa shape index (κ3) is 4.54. The molecule has 3 heteroatoms. The molecule has 5 fully saturated rings. The van der Waals surface area contributed by atoms with E-state index in [9.17, 15) is 4.79 Å². The minimum absolute atomic E-state index is 0.285. The standard InChI is InChI=1S/C30H52N2O/c1-22(9-14-28(33)31-18-21-32-19-6-7-20-32)25-12-13-26-24-11-10-23-8-4-5-16-29(23,2)27(24)15-17-30(25,26)3/h22-27H,4-21H2,1-3H3,(H,31,33)/t22-,23?,24+,25-,26+,27+,29+,30-/m1/s1. The molecule has 4 aliphatic carbocycles. The van der Waals surface area contributed by atoms with Gasteiger partial charge in [-0.1, -0.05) is 33.6 Å². The lowest BCUT2D eigenvalue weighted by molar-refractivity contribution is -0.122. The van der Waals surface area contributed by atoms with Gasteiger partial charge in [0.15, 0.2) is 0 Å². The number of nitrogens with zero attached hydrogens (tertiary/aromatic N) is 1. The molecular weight excluding hydrogens is 404 g/mol. The van der Waals surface area contributed by atoms with E-state index in [4.69, 9.17) is 0 Å². The van der Waals surface area contributed by atoms with Gasteiger partial charge in [0.1, 0.15) is 0 Å². The van der Waals surface area contributed by atoms with Gasteiger partial charge in [-0.2, -0.15) is 0 Å². The SMILES string of the molecule is C[C@H](CCC(=O)NCCN1CCCC1)[C@H]1CC[C@H]2[C@@H]3CCC4CCCC[C@]4(C)[C@H]3CC[C@]12C. The number of hydrogen-bond donors (Lipinski definition) is 1. The van der Waals surface area contributed by atoms with Crippen LogP contribution in [0.15, 0.2) is 0 Å². The van der Waals surface area contributed by atoms with Crippen molar-refractivity contribution in [2.24, 2.45) is 46.3 Å². The Bertz CT molecular complexity index is 687. The Morgan fingerprint density at radius 1 is 0.909 bits per heavy atom. The second-order valence-corrected chi connectivity index (χ2v) is 13.5. The van der Waals surface area contributed by atoms with E-state index in [2.05, 4.69) is 31.0 Å². The first kappa shape index (κ1) is 24.1. The van der Waals surface area contributed by atoms with Gasteiger partial charge in [-0.05, 0) is 130 Å². The summed E-state index contributed by atoms with van der Waals surface area (Å²) in [6.07, 6.45) is 19.3. The van der Waals surface area contributed by atoms with Gasteiger partial charge in [-0.15, -0.1) is 0 Å². The number of hydrogen-bond acceptors (Lipinski definition) is 2. The Balaban J connectivity index is 1.14. The van der Waals surface area contributed by atoms with E-state index >= 15 is 0 Å². The lowest BCUT2D eigenvalue weighted by atomic mass is 9.44. The van der Waals surface area contributed by atoms with Crippen molar-refractivity contribution in [2.45, 2.75) is 111 Å². The van der Waals surface area contributed by atoms with Crippen LogP contribution in [-0.4, -0.2) is 37.0 Å². The predicted molar refractivity (Wildman–Crippen MR) is 137 cm³/mol. The minimum atomic E-state index is 0.285. The molecule has 0 aromatic carbocycles. The normalized spacial score (nSPS) is 44.0. The second-order valence-electron chi connectivity index (χ2n) is 13.5. The molecule has 0 spiro atoms. The number of fused-ring (bicyclic) bond motifs is 5. The molecule has 0 radical (unpaired) electrons. The van der Waals surface area contributed by atoms with E-state index in [0.29, 0.717) is 16.7 Å². The first-order valence-electron chi connectivity index (χ1n) is 14.9. The molecule has 188 valence electrons. The van der Waals surface area contributed by atoms with Gasteiger partial charge in [0.05, 0.1) is 0 Å². The number of carbonyl (C=O) groups is 1. The molecule has 1 amide bonds. The van der Waals surface area contributed by atoms with E-state index in [0.717, 1.165) is 55.5 Å². The molecule has 0 bridgehead atoms. The first-order chi connectivity index (χ1) is 15.9. The zero-order valence-corrected chi connectivity index (χ0v) is 22.0. The zero-order valence-electron chi connectivity index (χ0n) is 22.0. The van der Waals surface area contributed by atoms with Crippen molar-refractivity contribution in [3.05, 3.63) is 0 Å². The molecule has 5 rings (SSSR count). The zero-order chi connectivity index (χ0) is 23.1. The van der Waals surface area contributed by atoms with E-state index in [-0.39, 0.29) is 5.91 Å². The fourth-order valence-electron chi connectivity index (χ4n) is 10.3. The third-order valence-corrected chi connectivity index (χ3v) is 12.1. The average Bonchev–Trinajstić information content (AvgIpc) is 3.44. The van der Waals surface area contributed by atoms with Crippen LogP contribution in [0.3, 0.4) is 0 Å². The highest BCUT2D eigenvalue weighted by Crippen LogP contribution is 2.68. The number of carbonyl (C=O) groups excluding carboxylic acids is 1. The van der Waals surface area contributed by atoms with Crippen LogP contribution in [-0.2, 0) is 4.79 Å². The largest absolute Gasteiger partial charge is 0.355 e. The van der Waals surface area contributed by atoms with Crippen molar-refractivity contribution >= 4 is 5.91 Å². The molecule has 1 heterocycles. The van der Waals surface area contributed by atoms with Crippen molar-refractivity contribution in [1.29, 1.82) is 0 Å². The highest BCUT2D eigenvalue weighted by atomic mass is 16.1. The third-order valence-electron chi connectivity index (χ3n) is 12.1. The maximum atomic E-state index is 12.5. The quantitative estimate of drug-likeness (QED) is 0.464. The molecule has 0 aromatic rings. The molecule has 0 aromatic heterocycles. The highest BCUT2D eigenvalue weighted by Gasteiger charge is 2.60. The van der Waals surface area contributed by atoms with Crippen molar-refractivity contribution in [2.75, 3.05) is 26.2 Å². The molecule has 3 nitrogen and oxygen atoms in total. The smallest absolute Gasteiger partial charge is 0.220 e. The summed E-state index contributed by atoms with van der Waals surface area (Å²) in [6.45, 7) is 12.2. The van der Waals surface area contributed by atoms with Crippen LogP contribution in [0, 0.1) is 46.3 Å². The molecule has 1 saturated heterocycles. The Morgan fingerprint density at radius 2 is 1.70 bits per heavy atom. The average molecular weight is 457 g/mol. The molecule has 8 atom stereocenters. The Hall–Kier alpha value is -0.570. The van der Waals surface area contributed by atoms with E-state index < -0.39 is 0 Å². The summed E-state index contributed by atoms with van der Waals surface area (Å²) in [5.74, 6) is 5.78. The summed E-state index contributed by atoms with van der Waals surface area (Å²) < 4.78 is 0. The Morgan fingerprint density at radius 3 is 2.52 bits per heavy atom. The number of likely N-dealkylation sites (tertiary alicyclic amines) is 1. The lowest BCUT2D eigenvalue weighted by Crippen LogP contribution is -2.53. The van der Waals surface area contributed by atoms with Crippen LogP contribution in [0.5, 0.6) is 0 Å². The molecule has 5 aliphatic rings. The lowest BCUT2D eigenvalue weighted by Gasteiger charge is -2.61. The van der Waals surface area contributed by atoms with E-state index in [1.165, 1.54) is 90.1 Å². The Labute approximate surface area is 204 Å². The van der Waals surface area contributed by atoms with Crippen LogP contribution in [0.2, 0.25) is 0 Å². The molecule has 1 unspecified atom stereocenters. The predicted octanol–water partition coefficient (Wildman–Crippen LogP) is 6.66. The van der Waals surface area contributed by atoms with Gasteiger partial charge in [-0.3, -0.25) is 4.79 Å². The molecule has 1 aliphatic heterocycles. The van der Waals surface area contributed by atoms with Crippen LogP contribution in [0.25, 0.3) is 0 Å². The van der Waals surface area contributed by atoms with E-state index in [1.54, 1.807) is 0 Å². The maximum absolute atomic E-state index is 12.5. The van der Waals surface area contributed by atoms with Crippen LogP contribution in [0.1, 0.15) is 111 Å². The fourth-order valence-corrected chi connectivity index (χ4v) is 10.3. The fraction of sp³-hybridized carbons (Fsp3) is 0.967. The topological polar surface area (TPSA) is 32.3 Å². The summed E-state index contributed by atoms with van der Waals surface area (Å²) in [5, 5.41) is 3.21. The van der Waals surface area contributed by atoms with Crippen molar-refractivity contribution in [3.63, 3.8) is 0 Å². The van der Waals surface area contributed by atoms with Crippen LogP contribution < -0.4 is 5.32 Å². The molecule has 4 saturated carbocycles. The van der Waals surface area contributed by atoms with Gasteiger partial charge >= 0.3 is 0 Å². The number of rotatable bonds is 7. The number of amides is 1. The number of nitrogens with one attached hydrogen (secondary N) is 1. The van der Waals surface area contributed by atoms with Gasteiger partial charge in [0.2, 0.25) is 5.91 Å². The van der Waals surface area contributed by atoms with E-state index in [1.807, 2.05) is 0 Å². The summed E-state index contributed by atoms with van der Waals surface area (Å²) >= 11 is 0. The second kappa shape index (κ2) is 9.82.